The van der Waals surface area contributed by atoms with Crippen LogP contribution < -0.4 is 4.90 Å². The molecule has 5 nitrogen and oxygen atoms in total. The summed E-state index contributed by atoms with van der Waals surface area (Å²) < 4.78 is 46.8. The van der Waals surface area contributed by atoms with Gasteiger partial charge in [-0.2, -0.15) is 12.8 Å². The second-order valence-electron chi connectivity index (χ2n) is 4.22. The van der Waals surface area contributed by atoms with Crippen molar-refractivity contribution in [2.45, 2.75) is 6.42 Å². The first-order chi connectivity index (χ1) is 8.76. The van der Waals surface area contributed by atoms with Gasteiger partial charge in [0, 0.05) is 18.9 Å². The van der Waals surface area contributed by atoms with Gasteiger partial charge in [0.25, 0.3) is 0 Å². The van der Waals surface area contributed by atoms with E-state index in [2.05, 4.69) is 20.9 Å². The van der Waals surface area contributed by atoms with Gasteiger partial charge in [-0.1, -0.05) is 0 Å². The molecule has 2 rings (SSSR count). The molecular weight excluding hydrogens is 346 g/mol. The lowest BCUT2D eigenvalue weighted by Gasteiger charge is -2.17. The molecule has 1 saturated heterocycles. The number of nitrogens with zero attached hydrogens (tertiary/aromatic N) is 2. The van der Waals surface area contributed by atoms with Gasteiger partial charge in [-0.25, -0.2) is 4.98 Å². The van der Waals surface area contributed by atoms with Crippen molar-refractivity contribution >= 4 is 37.7 Å². The van der Waals surface area contributed by atoms with Crippen LogP contribution in [0.15, 0.2) is 16.7 Å². The third-order valence-electron chi connectivity index (χ3n) is 2.73. The normalized spacial score (nSPS) is 20.1. The minimum atomic E-state index is -4.62. The molecule has 1 unspecified atom stereocenters. The first-order valence-corrected chi connectivity index (χ1v) is 7.65. The summed E-state index contributed by atoms with van der Waals surface area (Å²) in [6, 6.07) is 2.45. The van der Waals surface area contributed by atoms with Gasteiger partial charge in [-0.15, -0.1) is 3.89 Å². The lowest BCUT2D eigenvalue weighted by atomic mass is 10.1. The number of carbonyl (C=O) groups excluding carboxylic acids is 1. The zero-order valence-electron chi connectivity index (χ0n) is 9.51. The number of hydrogen-bond acceptors (Lipinski definition) is 4. The summed E-state index contributed by atoms with van der Waals surface area (Å²) >= 11 is 3.03. The molecule has 0 spiro atoms. The molecule has 0 bridgehead atoms. The topological polar surface area (TPSA) is 67.3 Å². The molecule has 0 aromatic carbocycles. The van der Waals surface area contributed by atoms with Gasteiger partial charge in [0.2, 0.25) is 11.9 Å². The molecule has 104 valence electrons. The lowest BCUT2D eigenvalue weighted by molar-refractivity contribution is -0.117. The molecule has 0 saturated carbocycles. The average molecular weight is 355 g/mol. The van der Waals surface area contributed by atoms with E-state index < -0.39 is 27.8 Å². The van der Waals surface area contributed by atoms with Crippen molar-refractivity contribution in [1.29, 1.82) is 0 Å². The third-order valence-corrected chi connectivity index (χ3v) is 4.18. The summed E-state index contributed by atoms with van der Waals surface area (Å²) in [6.45, 7) is 0.0634. The highest BCUT2D eigenvalue weighted by molar-refractivity contribution is 9.10. The number of aromatic nitrogens is 1. The van der Waals surface area contributed by atoms with E-state index in [-0.39, 0.29) is 23.5 Å². The standard InChI is InChI=1S/C10H9BrF2N2O3S/c11-10-7(1-2-8(12)14-10)15-4-6(3-9(15)16)5-19(13,17)18/h1-2,6H,3-5H2. The summed E-state index contributed by atoms with van der Waals surface area (Å²) in [5, 5.41) is 0. The van der Waals surface area contributed by atoms with Crippen molar-refractivity contribution in [2.24, 2.45) is 5.92 Å². The van der Waals surface area contributed by atoms with Gasteiger partial charge in [-0.05, 0) is 28.1 Å². The summed E-state index contributed by atoms with van der Waals surface area (Å²) in [6.07, 6.45) is -0.0625. The average Bonchev–Trinajstić information content (AvgIpc) is 2.56. The molecule has 2 heterocycles. The molecule has 9 heteroatoms. The summed E-state index contributed by atoms with van der Waals surface area (Å²) in [7, 11) is -4.62. The number of pyridine rings is 1. The van der Waals surface area contributed by atoms with Gasteiger partial charge in [0.05, 0.1) is 11.4 Å². The third kappa shape index (κ3) is 3.47. The van der Waals surface area contributed by atoms with Crippen LogP contribution in [0, 0.1) is 11.9 Å². The minimum absolute atomic E-state index is 0.0625. The predicted molar refractivity (Wildman–Crippen MR) is 67.2 cm³/mol. The molecule has 1 aliphatic rings. The number of halogens is 3. The summed E-state index contributed by atoms with van der Waals surface area (Å²) in [5.74, 6) is -2.35. The Morgan fingerprint density at radius 2 is 2.16 bits per heavy atom. The fourth-order valence-corrected chi connectivity index (χ4v) is 3.32. The van der Waals surface area contributed by atoms with E-state index in [0.29, 0.717) is 5.69 Å². The maximum atomic E-state index is 12.9. The van der Waals surface area contributed by atoms with Crippen LogP contribution in [0.4, 0.5) is 14.0 Å². The second-order valence-corrected chi connectivity index (χ2v) is 6.39. The highest BCUT2D eigenvalue weighted by Crippen LogP contribution is 2.30. The highest BCUT2D eigenvalue weighted by Gasteiger charge is 2.34. The molecule has 1 aromatic heterocycles. The van der Waals surface area contributed by atoms with E-state index in [1.165, 1.54) is 11.0 Å². The van der Waals surface area contributed by atoms with Crippen LogP contribution in [-0.4, -0.2) is 31.6 Å². The first kappa shape index (κ1) is 14.3. The smallest absolute Gasteiger partial charge is 0.302 e. The zero-order valence-corrected chi connectivity index (χ0v) is 11.9. The Hall–Kier alpha value is -1.09. The Kier molecular flexibility index (Phi) is 3.86. The fraction of sp³-hybridized carbons (Fsp3) is 0.400. The molecule has 0 radical (unpaired) electrons. The lowest BCUT2D eigenvalue weighted by Crippen LogP contribution is -2.26. The van der Waals surface area contributed by atoms with Gasteiger partial charge in [-0.3, -0.25) is 4.79 Å². The monoisotopic (exact) mass is 354 g/mol. The van der Waals surface area contributed by atoms with Crippen LogP contribution >= 0.6 is 15.9 Å². The van der Waals surface area contributed by atoms with Gasteiger partial charge < -0.3 is 4.90 Å². The van der Waals surface area contributed by atoms with Crippen molar-refractivity contribution < 1.29 is 21.5 Å². The Bertz CT molecular complexity index is 623. The van der Waals surface area contributed by atoms with E-state index >= 15 is 0 Å². The van der Waals surface area contributed by atoms with Crippen LogP contribution in [0.5, 0.6) is 0 Å². The molecule has 0 aliphatic carbocycles. The van der Waals surface area contributed by atoms with Crippen molar-refractivity contribution in [3.05, 3.63) is 22.7 Å². The Balaban J connectivity index is 2.20. The molecule has 1 atom stereocenters. The van der Waals surface area contributed by atoms with Gasteiger partial charge >= 0.3 is 10.2 Å². The summed E-state index contributed by atoms with van der Waals surface area (Å²) in [5.41, 5.74) is 0.338. The van der Waals surface area contributed by atoms with Crippen LogP contribution in [-0.2, 0) is 15.0 Å². The molecule has 19 heavy (non-hydrogen) atoms. The fourth-order valence-electron chi connectivity index (χ4n) is 2.01. The van der Waals surface area contributed by atoms with Crippen molar-refractivity contribution in [1.82, 2.24) is 4.98 Å². The van der Waals surface area contributed by atoms with E-state index in [1.54, 1.807) is 0 Å². The van der Waals surface area contributed by atoms with Gasteiger partial charge in [0.15, 0.2) is 0 Å². The SMILES string of the molecule is O=C1CC(CS(=O)(=O)F)CN1c1ccc(F)nc1Br. The highest BCUT2D eigenvalue weighted by atomic mass is 79.9. The quantitative estimate of drug-likeness (QED) is 0.611. The number of hydrogen-bond donors (Lipinski definition) is 0. The first-order valence-electron chi connectivity index (χ1n) is 5.31. The molecule has 0 N–H and O–H groups in total. The van der Waals surface area contributed by atoms with Crippen LogP contribution in [0.1, 0.15) is 6.42 Å². The predicted octanol–water partition coefficient (Wildman–Crippen LogP) is 1.64. The maximum absolute atomic E-state index is 12.9. The van der Waals surface area contributed by atoms with E-state index in [9.17, 15) is 21.5 Å². The Labute approximate surface area is 117 Å². The summed E-state index contributed by atoms with van der Waals surface area (Å²) in [4.78, 5) is 16.6. The zero-order chi connectivity index (χ0) is 14.2. The largest absolute Gasteiger partial charge is 0.310 e. The molecular formula is C10H9BrF2N2O3S. The van der Waals surface area contributed by atoms with Crippen LogP contribution in [0.3, 0.4) is 0 Å². The Morgan fingerprint density at radius 3 is 2.74 bits per heavy atom. The van der Waals surface area contributed by atoms with Crippen LogP contribution in [0.2, 0.25) is 0 Å². The van der Waals surface area contributed by atoms with Crippen molar-refractivity contribution in [3.8, 4) is 0 Å². The molecule has 1 aliphatic heterocycles. The van der Waals surface area contributed by atoms with E-state index in [0.717, 1.165) is 6.07 Å². The van der Waals surface area contributed by atoms with E-state index in [1.807, 2.05) is 0 Å². The molecule has 1 amide bonds. The second kappa shape index (κ2) is 5.12. The number of anilines is 1. The number of carbonyl (C=O) groups is 1. The van der Waals surface area contributed by atoms with Crippen molar-refractivity contribution in [3.63, 3.8) is 0 Å². The maximum Gasteiger partial charge on any atom is 0.302 e. The van der Waals surface area contributed by atoms with Crippen LogP contribution in [0.25, 0.3) is 0 Å². The van der Waals surface area contributed by atoms with E-state index in [4.69, 9.17) is 0 Å². The minimum Gasteiger partial charge on any atom is -0.310 e. The van der Waals surface area contributed by atoms with Crippen molar-refractivity contribution in [2.75, 3.05) is 17.2 Å². The number of rotatable bonds is 3. The molecule has 1 fully saturated rings. The van der Waals surface area contributed by atoms with Gasteiger partial charge in [0.1, 0.15) is 4.60 Å². The Morgan fingerprint density at radius 1 is 1.47 bits per heavy atom. The number of amides is 1. The molecule has 1 aromatic rings.